The molecule has 0 unspecified atom stereocenters. The van der Waals surface area contributed by atoms with Crippen LogP contribution in [0.15, 0.2) is 195 Å². The fourth-order valence-corrected chi connectivity index (χ4v) is 34.2. The van der Waals surface area contributed by atoms with Crippen LogP contribution in [0.2, 0.25) is 0 Å². The van der Waals surface area contributed by atoms with Crippen LogP contribution in [0.4, 0.5) is 0 Å². The fourth-order valence-electron chi connectivity index (χ4n) is 17.0. The first-order chi connectivity index (χ1) is 54.1. The molecule has 0 aliphatic carbocycles. The van der Waals surface area contributed by atoms with Gasteiger partial charge in [-0.3, -0.25) is 0 Å². The number of furan rings is 3. The Morgan fingerprint density at radius 2 is 0.468 bits per heavy atom. The van der Waals surface area contributed by atoms with E-state index in [2.05, 4.69) is 258 Å². The number of thiophene rings is 12. The highest BCUT2D eigenvalue weighted by Crippen LogP contribution is 2.60. The van der Waals surface area contributed by atoms with E-state index in [1.165, 1.54) is 245 Å². The Morgan fingerprint density at radius 1 is 0.189 bits per heavy atom. The maximum absolute atomic E-state index is 6.67. The minimum absolute atomic E-state index is 0.996. The molecule has 0 aliphatic rings. The topological polar surface area (TPSA) is 54.2 Å². The average Bonchev–Trinajstić information content (AvgIpc) is 1.54. The first-order valence-electron chi connectivity index (χ1n) is 36.8. The van der Waals surface area contributed by atoms with Gasteiger partial charge in [-0.25, -0.2) is 0 Å². The molecule has 18 heterocycles. The number of hydrogen-bond donors (Lipinski definition) is 0. The van der Waals surface area contributed by atoms with E-state index in [9.17, 15) is 0 Å². The second kappa shape index (κ2) is 23.3. The van der Waals surface area contributed by atoms with Crippen molar-refractivity contribution in [2.75, 3.05) is 0 Å². The summed E-state index contributed by atoms with van der Waals surface area (Å²) in [6.45, 7) is 19.4. The molecule has 0 saturated heterocycles. The lowest BCUT2D eigenvalue weighted by molar-refractivity contribution is 0.673. The molecule has 0 aliphatic heterocycles. The zero-order valence-electron chi connectivity index (χ0n) is 60.8. The Labute approximate surface area is 679 Å². The molecule has 0 atom stereocenters. The first-order valence-corrected chi connectivity index (χ1v) is 46.6. The van der Waals surface area contributed by atoms with Crippen LogP contribution in [0, 0.1) is 62.3 Å². The molecule has 6 nitrogen and oxygen atoms in total. The molecule has 18 heteroatoms. The summed E-state index contributed by atoms with van der Waals surface area (Å²) >= 11 is 23.0. The van der Waals surface area contributed by atoms with Crippen LogP contribution in [0.1, 0.15) is 50.1 Å². The monoisotopic (exact) mass is 1650 g/mol. The van der Waals surface area contributed by atoms with Gasteiger partial charge in [0.25, 0.3) is 0 Å². The summed E-state index contributed by atoms with van der Waals surface area (Å²) in [5, 5.41) is 7.72. The molecule has 0 fully saturated rings. The molecule has 0 saturated carbocycles. The van der Waals surface area contributed by atoms with Gasteiger partial charge in [0, 0.05) is 63.5 Å². The van der Waals surface area contributed by atoms with Crippen LogP contribution in [-0.2, 0) is 0 Å². The molecule has 0 bridgehead atoms. The third kappa shape index (κ3) is 9.15. The van der Waals surface area contributed by atoms with Gasteiger partial charge in [0.05, 0.1) is 132 Å². The quantitative estimate of drug-likeness (QED) is 0.177. The third-order valence-electron chi connectivity index (χ3n) is 22.3. The molecule has 0 N–H and O–H groups in total. The highest BCUT2D eigenvalue weighted by Gasteiger charge is 2.32. The van der Waals surface area contributed by atoms with Crippen molar-refractivity contribution in [2.45, 2.75) is 62.3 Å². The highest BCUT2D eigenvalue weighted by molar-refractivity contribution is 7.48. The molecule has 27 rings (SSSR count). The predicted octanol–water partition coefficient (Wildman–Crippen LogP) is 33.9. The van der Waals surface area contributed by atoms with E-state index in [0.717, 1.165) is 33.5 Å². The molecular formula is C93H57N3O3S12. The molecule has 0 spiro atoms. The molecule has 9 aromatic carbocycles. The van der Waals surface area contributed by atoms with Gasteiger partial charge in [-0.15, -0.1) is 136 Å². The van der Waals surface area contributed by atoms with Crippen molar-refractivity contribution in [2.24, 2.45) is 0 Å². The van der Waals surface area contributed by atoms with E-state index in [1.807, 2.05) is 136 Å². The van der Waals surface area contributed by atoms with Crippen molar-refractivity contribution in [3.05, 3.63) is 232 Å². The molecule has 534 valence electrons. The summed E-state index contributed by atoms with van der Waals surface area (Å²) in [5.41, 5.74) is 29.4. The number of aryl methyl sites for hydroxylation is 9. The second-order valence-electron chi connectivity index (χ2n) is 30.0. The average molecular weight is 1650 g/mol. The molecule has 111 heavy (non-hydrogen) atoms. The van der Waals surface area contributed by atoms with Crippen LogP contribution in [-0.4, -0.2) is 13.7 Å². The number of benzene rings is 9. The summed E-state index contributed by atoms with van der Waals surface area (Å²) in [6.07, 6.45) is 0. The van der Waals surface area contributed by atoms with Gasteiger partial charge in [0.2, 0.25) is 0 Å². The van der Waals surface area contributed by atoms with Crippen molar-refractivity contribution in [3.8, 4) is 17.1 Å². The summed E-state index contributed by atoms with van der Waals surface area (Å²) in [7, 11) is 0. The maximum atomic E-state index is 6.67. The van der Waals surface area contributed by atoms with Crippen LogP contribution < -0.4 is 0 Å². The van der Waals surface area contributed by atoms with Crippen LogP contribution >= 0.6 is 136 Å². The Kier molecular flexibility index (Phi) is 13.7. The Hall–Kier alpha value is -9.48. The smallest absolute Gasteiger partial charge is 0.165 e. The number of aromatic nitrogens is 3. The van der Waals surface area contributed by atoms with Gasteiger partial charge in [0.15, 0.2) is 22.3 Å². The zero-order valence-corrected chi connectivity index (χ0v) is 70.6. The first kappa shape index (κ1) is 65.1. The van der Waals surface area contributed by atoms with Crippen LogP contribution in [0.3, 0.4) is 0 Å². The van der Waals surface area contributed by atoms with E-state index >= 15 is 0 Å². The number of rotatable bonds is 3. The van der Waals surface area contributed by atoms with Crippen LogP contribution in [0.25, 0.3) is 229 Å². The van der Waals surface area contributed by atoms with Gasteiger partial charge in [0.1, 0.15) is 11.2 Å². The lowest BCUT2D eigenvalue weighted by Crippen LogP contribution is -1.93. The summed E-state index contributed by atoms with van der Waals surface area (Å²) in [6, 6.07) is 67.3. The van der Waals surface area contributed by atoms with Gasteiger partial charge in [-0.1, -0.05) is 108 Å². The Bertz CT molecular complexity index is 8410. The van der Waals surface area contributed by atoms with Gasteiger partial charge < -0.3 is 27.0 Å². The third-order valence-corrected chi connectivity index (χ3v) is 38.2. The normalized spacial score (nSPS) is 12.7. The number of nitrogens with zero attached hydrogens (tertiary/aromatic N) is 3. The molecule has 18 aromatic heterocycles. The van der Waals surface area contributed by atoms with E-state index in [-0.39, 0.29) is 0 Å². The summed E-state index contributed by atoms with van der Waals surface area (Å²) in [4.78, 5) is 0. The van der Waals surface area contributed by atoms with Gasteiger partial charge in [-0.05, 0) is 187 Å². The Balaban J connectivity index is 0.0000000947. The maximum Gasteiger partial charge on any atom is 0.165 e. The number of fused-ring (bicyclic) bond motifs is 39. The molecular weight excluding hydrogens is 1590 g/mol. The standard InChI is InChI=1S/3C31H19NOS4/c1-14-4-8-17(9-5-14)32-20-12-15(2)6-10-18(20)24-22(32)26-28(34-24)30-31(36-26)29-27(37-30)23-25(35-29)19-11-7-16(3)13-21(19)33-23;1-14-4-8-17(9-5-14)32-22-19-11-7-16(3)13-21(19)34-26(22)27-23(32)28-30(37-27)31-29(36-28)24-25(35-31)18-10-6-15(2)12-20(18)33-24;1-14-4-8-17(9-5-14)32-22-18-10-6-15(2)12-20(18)34-26(22)27-23(32)28-30(36-27)25-31(37-28)29-24(33-25)19-11-7-16(3)13-21(19)35-29/h3*4-13H,1-3H3. The van der Waals surface area contributed by atoms with Crippen molar-refractivity contribution in [3.63, 3.8) is 0 Å². The minimum atomic E-state index is 0.996. The van der Waals surface area contributed by atoms with Crippen molar-refractivity contribution in [1.82, 2.24) is 13.7 Å². The number of hydrogen-bond acceptors (Lipinski definition) is 15. The SMILES string of the molecule is Cc1ccc(-n2c3c4ccc(C)cc4sc3c3sc4c5oc6c7ccc(C)cc7sc6c5sc4c32)cc1.Cc1ccc(-n2c3c4ccc(C)cc4sc3c3sc4c5sc6c7ccc(C)cc7oc6c5sc4c32)cc1.Cc1ccc(-n2c3cc(C)ccc3c3sc4c5sc6c7oc8cc(C)ccc8c7sc6c5sc4c32)cc1. The second-order valence-corrected chi connectivity index (χ2v) is 42.4. The van der Waals surface area contributed by atoms with E-state index in [1.54, 1.807) is 0 Å². The lowest BCUT2D eigenvalue weighted by atomic mass is 10.2. The highest BCUT2D eigenvalue weighted by atomic mass is 32.1. The fraction of sp³-hybridized carbons (Fsp3) is 0.0968. The van der Waals surface area contributed by atoms with Gasteiger partial charge in [-0.2, -0.15) is 0 Å². The van der Waals surface area contributed by atoms with E-state index in [4.69, 9.17) is 13.3 Å². The van der Waals surface area contributed by atoms with Crippen molar-refractivity contribution in [1.29, 1.82) is 0 Å². The largest absolute Gasteiger partial charge is 0.454 e. The molecule has 0 radical (unpaired) electrons. The van der Waals surface area contributed by atoms with Crippen LogP contribution in [0.5, 0.6) is 0 Å². The summed E-state index contributed by atoms with van der Waals surface area (Å²) < 4.78 is 59.6. The summed E-state index contributed by atoms with van der Waals surface area (Å²) in [5.74, 6) is 0. The van der Waals surface area contributed by atoms with E-state index in [0.29, 0.717) is 0 Å². The zero-order chi connectivity index (χ0) is 73.7. The van der Waals surface area contributed by atoms with E-state index < -0.39 is 0 Å². The molecule has 0 amide bonds. The van der Waals surface area contributed by atoms with Crippen molar-refractivity contribution < 1.29 is 13.3 Å². The Morgan fingerprint density at radius 3 is 0.955 bits per heavy atom. The van der Waals surface area contributed by atoms with Gasteiger partial charge >= 0.3 is 0 Å². The molecule has 27 aromatic rings. The van der Waals surface area contributed by atoms with Crippen molar-refractivity contribution >= 4 is 348 Å². The lowest BCUT2D eigenvalue weighted by Gasteiger charge is -2.08. The predicted molar refractivity (Wildman–Crippen MR) is 499 cm³/mol. The minimum Gasteiger partial charge on any atom is -0.454 e.